The smallest absolute Gasteiger partial charge is 0.115 e. The van der Waals surface area contributed by atoms with Crippen molar-refractivity contribution in [2.75, 3.05) is 0 Å². The summed E-state index contributed by atoms with van der Waals surface area (Å²) >= 11 is 0. The summed E-state index contributed by atoms with van der Waals surface area (Å²) in [5, 5.41) is 9.27. The molecule has 2 aromatic rings. The highest BCUT2D eigenvalue weighted by Gasteiger charge is 1.96. The monoisotopic (exact) mass is 183 g/mol. The predicted molar refractivity (Wildman–Crippen MR) is 56.2 cm³/mol. The highest BCUT2D eigenvalue weighted by atomic mass is 16.3. The molecule has 0 heterocycles. The van der Waals surface area contributed by atoms with Crippen LogP contribution in [0.5, 0.6) is 5.75 Å². The van der Waals surface area contributed by atoms with Gasteiger partial charge in [0.15, 0.2) is 0 Å². The van der Waals surface area contributed by atoms with E-state index in [2.05, 4.69) is 18.2 Å². The van der Waals surface area contributed by atoms with Gasteiger partial charge in [-0.05, 0) is 35.7 Å². The largest absolute Gasteiger partial charge is 0.508 e. The molecule has 1 nitrogen and oxygen atoms in total. The van der Waals surface area contributed by atoms with Crippen LogP contribution in [-0.4, -0.2) is 5.11 Å². The quantitative estimate of drug-likeness (QED) is 0.759. The summed E-state index contributed by atoms with van der Waals surface area (Å²) in [6, 6.07) is 18.4. The first-order valence-electron chi connectivity index (χ1n) is 4.58. The van der Waals surface area contributed by atoms with Crippen LogP contribution in [0.15, 0.2) is 48.5 Å². The van der Waals surface area contributed by atoms with Gasteiger partial charge in [0.25, 0.3) is 0 Å². The van der Waals surface area contributed by atoms with Gasteiger partial charge in [-0.15, -0.1) is 0 Å². The standard InChI is InChI=1S/C13H11O/c14-13-8-4-7-12(10-13)9-11-5-2-1-3-6-11/h1-6,8,10,14H,9H2. The zero-order chi connectivity index (χ0) is 9.80. The number of rotatable bonds is 2. The zero-order valence-corrected chi connectivity index (χ0v) is 7.77. The van der Waals surface area contributed by atoms with Crippen LogP contribution in [0.4, 0.5) is 0 Å². The number of benzene rings is 2. The molecule has 0 aliphatic carbocycles. The molecule has 0 unspecified atom stereocenters. The SMILES string of the molecule is Oc1cc[c]c(Cc2ccccc2)c1. The first kappa shape index (κ1) is 8.82. The Labute approximate surface area is 83.6 Å². The molecule has 0 saturated heterocycles. The van der Waals surface area contributed by atoms with E-state index in [1.165, 1.54) is 5.56 Å². The molecule has 0 bridgehead atoms. The molecule has 14 heavy (non-hydrogen) atoms. The summed E-state index contributed by atoms with van der Waals surface area (Å²) in [6.45, 7) is 0. The summed E-state index contributed by atoms with van der Waals surface area (Å²) in [5.41, 5.74) is 2.24. The number of hydrogen-bond donors (Lipinski definition) is 1. The Morgan fingerprint density at radius 2 is 1.86 bits per heavy atom. The van der Waals surface area contributed by atoms with Gasteiger partial charge in [0.05, 0.1) is 0 Å². The van der Waals surface area contributed by atoms with E-state index in [1.54, 1.807) is 18.2 Å². The molecule has 0 saturated carbocycles. The topological polar surface area (TPSA) is 20.2 Å². The molecule has 0 spiro atoms. The minimum atomic E-state index is 0.301. The van der Waals surface area contributed by atoms with E-state index in [4.69, 9.17) is 0 Å². The third kappa shape index (κ3) is 2.13. The van der Waals surface area contributed by atoms with Crippen LogP contribution in [0.3, 0.4) is 0 Å². The molecule has 2 rings (SSSR count). The van der Waals surface area contributed by atoms with E-state index >= 15 is 0 Å². The average Bonchev–Trinajstić information content (AvgIpc) is 2.19. The second-order valence-electron chi connectivity index (χ2n) is 3.23. The number of hydrogen-bond acceptors (Lipinski definition) is 1. The Morgan fingerprint density at radius 3 is 2.57 bits per heavy atom. The summed E-state index contributed by atoms with van der Waals surface area (Å²) in [5.74, 6) is 0.301. The molecule has 1 radical (unpaired) electrons. The molecule has 0 fully saturated rings. The van der Waals surface area contributed by atoms with Crippen molar-refractivity contribution >= 4 is 0 Å². The molecule has 0 aromatic heterocycles. The Hall–Kier alpha value is -1.76. The second kappa shape index (κ2) is 3.97. The molecule has 0 aliphatic rings. The van der Waals surface area contributed by atoms with Gasteiger partial charge in [-0.1, -0.05) is 36.4 Å². The lowest BCUT2D eigenvalue weighted by Gasteiger charge is -2.01. The van der Waals surface area contributed by atoms with Crippen molar-refractivity contribution in [3.63, 3.8) is 0 Å². The fourth-order valence-corrected chi connectivity index (χ4v) is 1.42. The molecule has 1 heteroatoms. The van der Waals surface area contributed by atoms with Gasteiger partial charge < -0.3 is 5.11 Å². The van der Waals surface area contributed by atoms with Crippen LogP contribution < -0.4 is 0 Å². The van der Waals surface area contributed by atoms with Gasteiger partial charge in [-0.2, -0.15) is 0 Å². The molecule has 1 N–H and O–H groups in total. The molecule has 0 atom stereocenters. The predicted octanol–water partition coefficient (Wildman–Crippen LogP) is 2.78. The van der Waals surface area contributed by atoms with E-state index in [-0.39, 0.29) is 0 Å². The highest BCUT2D eigenvalue weighted by molar-refractivity contribution is 5.30. The van der Waals surface area contributed by atoms with Crippen molar-refractivity contribution in [1.82, 2.24) is 0 Å². The minimum Gasteiger partial charge on any atom is -0.508 e. The van der Waals surface area contributed by atoms with Crippen LogP contribution in [0.2, 0.25) is 0 Å². The lowest BCUT2D eigenvalue weighted by atomic mass is 10.1. The lowest BCUT2D eigenvalue weighted by Crippen LogP contribution is -1.86. The zero-order valence-electron chi connectivity index (χ0n) is 7.77. The molecule has 69 valence electrons. The molecule has 0 amide bonds. The van der Waals surface area contributed by atoms with E-state index in [0.717, 1.165) is 12.0 Å². The van der Waals surface area contributed by atoms with Crippen molar-refractivity contribution in [2.45, 2.75) is 6.42 Å². The molecule has 0 aliphatic heterocycles. The Kier molecular flexibility index (Phi) is 2.50. The van der Waals surface area contributed by atoms with Gasteiger partial charge in [0, 0.05) is 0 Å². The van der Waals surface area contributed by atoms with Gasteiger partial charge in [-0.25, -0.2) is 0 Å². The maximum Gasteiger partial charge on any atom is 0.115 e. The molecule has 2 aromatic carbocycles. The number of phenols is 1. The Morgan fingerprint density at radius 1 is 1.07 bits per heavy atom. The second-order valence-corrected chi connectivity index (χ2v) is 3.23. The Balaban J connectivity index is 2.19. The summed E-state index contributed by atoms with van der Waals surface area (Å²) in [7, 11) is 0. The maximum atomic E-state index is 9.27. The third-order valence-electron chi connectivity index (χ3n) is 2.08. The fourth-order valence-electron chi connectivity index (χ4n) is 1.42. The van der Waals surface area contributed by atoms with Crippen molar-refractivity contribution in [2.24, 2.45) is 0 Å². The number of aromatic hydroxyl groups is 1. The van der Waals surface area contributed by atoms with Crippen LogP contribution in [0, 0.1) is 6.07 Å². The van der Waals surface area contributed by atoms with E-state index < -0.39 is 0 Å². The van der Waals surface area contributed by atoms with Gasteiger partial charge in [0.1, 0.15) is 5.75 Å². The maximum absolute atomic E-state index is 9.27. The fraction of sp³-hybridized carbons (Fsp3) is 0.0769. The molecular weight excluding hydrogens is 172 g/mol. The molecular formula is C13H11O. The summed E-state index contributed by atoms with van der Waals surface area (Å²) < 4.78 is 0. The first-order valence-corrected chi connectivity index (χ1v) is 4.58. The van der Waals surface area contributed by atoms with Crippen LogP contribution in [-0.2, 0) is 6.42 Å². The van der Waals surface area contributed by atoms with E-state index in [1.807, 2.05) is 18.2 Å². The van der Waals surface area contributed by atoms with Crippen LogP contribution >= 0.6 is 0 Å². The number of phenolic OH excluding ortho intramolecular Hbond substituents is 1. The first-order chi connectivity index (χ1) is 6.84. The highest BCUT2D eigenvalue weighted by Crippen LogP contribution is 2.14. The minimum absolute atomic E-state index is 0.301. The van der Waals surface area contributed by atoms with Gasteiger partial charge >= 0.3 is 0 Å². The van der Waals surface area contributed by atoms with Crippen molar-refractivity contribution in [3.8, 4) is 5.75 Å². The van der Waals surface area contributed by atoms with Gasteiger partial charge in [0.2, 0.25) is 0 Å². The summed E-state index contributed by atoms with van der Waals surface area (Å²) in [6.07, 6.45) is 0.815. The van der Waals surface area contributed by atoms with Crippen LogP contribution in [0.1, 0.15) is 11.1 Å². The Bertz CT molecular complexity index is 407. The van der Waals surface area contributed by atoms with Gasteiger partial charge in [-0.3, -0.25) is 0 Å². The third-order valence-corrected chi connectivity index (χ3v) is 2.08. The summed E-state index contributed by atoms with van der Waals surface area (Å²) in [4.78, 5) is 0. The van der Waals surface area contributed by atoms with Crippen LogP contribution in [0.25, 0.3) is 0 Å². The van der Waals surface area contributed by atoms with Crippen molar-refractivity contribution < 1.29 is 5.11 Å². The lowest BCUT2D eigenvalue weighted by molar-refractivity contribution is 0.474. The van der Waals surface area contributed by atoms with E-state index in [9.17, 15) is 5.11 Å². The van der Waals surface area contributed by atoms with Crippen molar-refractivity contribution in [3.05, 3.63) is 65.7 Å². The average molecular weight is 183 g/mol. The normalized spacial score (nSPS) is 10.0. The van der Waals surface area contributed by atoms with E-state index in [0.29, 0.717) is 5.75 Å². The van der Waals surface area contributed by atoms with Crippen molar-refractivity contribution in [1.29, 1.82) is 0 Å².